The zero-order valence-corrected chi connectivity index (χ0v) is 12.6. The van der Waals surface area contributed by atoms with Crippen LogP contribution >= 0.6 is 0 Å². The van der Waals surface area contributed by atoms with Crippen molar-refractivity contribution in [1.82, 2.24) is 9.78 Å². The Kier molecular flexibility index (Phi) is 4.33. The number of rotatable bonds is 4. The number of nitriles is 1. The predicted molar refractivity (Wildman–Crippen MR) is 74.9 cm³/mol. The van der Waals surface area contributed by atoms with E-state index in [1.165, 1.54) is 10.9 Å². The molecule has 0 saturated heterocycles. The van der Waals surface area contributed by atoms with E-state index in [1.54, 1.807) is 13.0 Å². The first-order valence-corrected chi connectivity index (χ1v) is 7.83. The van der Waals surface area contributed by atoms with Gasteiger partial charge in [0.05, 0.1) is 16.7 Å². The van der Waals surface area contributed by atoms with Gasteiger partial charge in [-0.3, -0.25) is 4.72 Å². The summed E-state index contributed by atoms with van der Waals surface area (Å²) in [6.07, 6.45) is -3.35. The molecule has 0 radical (unpaired) electrons. The number of nitrogens with zero attached hydrogens (tertiary/aromatic N) is 3. The summed E-state index contributed by atoms with van der Waals surface area (Å²) in [6, 6.07) is 4.85. The van der Waals surface area contributed by atoms with Crippen molar-refractivity contribution in [2.75, 3.05) is 4.72 Å². The van der Waals surface area contributed by atoms with Gasteiger partial charge in [0.15, 0.2) is 5.82 Å². The molecule has 0 fully saturated rings. The first-order valence-electron chi connectivity index (χ1n) is 6.35. The summed E-state index contributed by atoms with van der Waals surface area (Å²) in [4.78, 5) is -0.349. The molecule has 0 aliphatic carbocycles. The van der Waals surface area contributed by atoms with E-state index in [2.05, 4.69) is 9.82 Å². The molecule has 0 saturated carbocycles. The lowest BCUT2D eigenvalue weighted by atomic mass is 10.2. The zero-order chi connectivity index (χ0) is 17.3. The molecule has 0 spiro atoms. The number of aromatic nitrogens is 2. The number of aryl methyl sites for hydroxylation is 1. The van der Waals surface area contributed by atoms with Crippen molar-refractivity contribution in [1.29, 1.82) is 5.26 Å². The Labute approximate surface area is 130 Å². The summed E-state index contributed by atoms with van der Waals surface area (Å²) in [5.41, 5.74) is -0.935. The lowest BCUT2D eigenvalue weighted by Crippen LogP contribution is -2.17. The van der Waals surface area contributed by atoms with Crippen molar-refractivity contribution in [2.45, 2.75) is 24.5 Å². The number of benzene rings is 1. The van der Waals surface area contributed by atoms with E-state index in [-0.39, 0.29) is 16.3 Å². The largest absolute Gasteiger partial charge is 0.416 e. The van der Waals surface area contributed by atoms with E-state index in [1.807, 2.05) is 0 Å². The van der Waals surface area contributed by atoms with Crippen LogP contribution in [0.3, 0.4) is 0 Å². The third kappa shape index (κ3) is 3.45. The molecule has 2 aromatic rings. The molecule has 1 aromatic heterocycles. The topological polar surface area (TPSA) is 87.8 Å². The molecule has 10 heteroatoms. The summed E-state index contributed by atoms with van der Waals surface area (Å²) in [5, 5.41) is 12.8. The average molecular weight is 344 g/mol. The highest BCUT2D eigenvalue weighted by Gasteiger charge is 2.30. The number of alkyl halides is 3. The van der Waals surface area contributed by atoms with Gasteiger partial charge in [0.2, 0.25) is 0 Å². The van der Waals surface area contributed by atoms with Crippen molar-refractivity contribution in [3.05, 3.63) is 41.6 Å². The lowest BCUT2D eigenvalue weighted by molar-refractivity contribution is -0.137. The van der Waals surface area contributed by atoms with Gasteiger partial charge in [0.25, 0.3) is 10.0 Å². The minimum Gasteiger partial charge on any atom is -0.262 e. The van der Waals surface area contributed by atoms with Gasteiger partial charge in [-0.2, -0.15) is 23.5 Å². The summed E-state index contributed by atoms with van der Waals surface area (Å²) in [5.74, 6) is -0.0325. The Balaban J connectivity index is 2.37. The third-order valence-electron chi connectivity index (χ3n) is 2.98. The van der Waals surface area contributed by atoms with Crippen LogP contribution in [0.5, 0.6) is 0 Å². The number of halogens is 3. The quantitative estimate of drug-likeness (QED) is 0.923. The van der Waals surface area contributed by atoms with Gasteiger partial charge in [-0.05, 0) is 31.2 Å². The van der Waals surface area contributed by atoms with E-state index >= 15 is 0 Å². The van der Waals surface area contributed by atoms with Crippen LogP contribution in [0, 0.1) is 11.3 Å². The summed E-state index contributed by atoms with van der Waals surface area (Å²) in [6.45, 7) is 2.01. The smallest absolute Gasteiger partial charge is 0.262 e. The Hall–Kier alpha value is -2.54. The highest BCUT2D eigenvalue weighted by Crippen LogP contribution is 2.30. The van der Waals surface area contributed by atoms with E-state index < -0.39 is 21.8 Å². The van der Waals surface area contributed by atoms with Crippen molar-refractivity contribution in [3.8, 4) is 6.07 Å². The number of anilines is 1. The first kappa shape index (κ1) is 16.8. The molecule has 1 N–H and O–H groups in total. The molecule has 1 aromatic carbocycles. The SMILES string of the molecule is CCn1ncc(C#N)c1NS(=O)(=O)c1ccc(C(F)(F)F)cc1. The Morgan fingerprint density at radius 1 is 1.30 bits per heavy atom. The Morgan fingerprint density at radius 3 is 2.39 bits per heavy atom. The third-order valence-corrected chi connectivity index (χ3v) is 4.34. The van der Waals surface area contributed by atoms with Crippen LogP contribution in [0.15, 0.2) is 35.4 Å². The van der Waals surface area contributed by atoms with Gasteiger partial charge >= 0.3 is 6.18 Å². The molecule has 0 atom stereocenters. The fourth-order valence-corrected chi connectivity index (χ4v) is 2.91. The molecule has 0 amide bonds. The zero-order valence-electron chi connectivity index (χ0n) is 11.8. The summed E-state index contributed by atoms with van der Waals surface area (Å²) >= 11 is 0. The highest BCUT2D eigenvalue weighted by atomic mass is 32.2. The van der Waals surface area contributed by atoms with Crippen LogP contribution in [-0.4, -0.2) is 18.2 Å². The second-order valence-corrected chi connectivity index (χ2v) is 6.14. The van der Waals surface area contributed by atoms with Gasteiger partial charge in [0, 0.05) is 6.54 Å². The monoisotopic (exact) mass is 344 g/mol. The molecule has 122 valence electrons. The second-order valence-electron chi connectivity index (χ2n) is 4.46. The number of hydrogen-bond acceptors (Lipinski definition) is 4. The number of sulfonamides is 1. The molecule has 1 heterocycles. The van der Waals surface area contributed by atoms with Crippen molar-refractivity contribution >= 4 is 15.8 Å². The van der Waals surface area contributed by atoms with Gasteiger partial charge in [-0.25, -0.2) is 13.1 Å². The Morgan fingerprint density at radius 2 is 1.91 bits per heavy atom. The lowest BCUT2D eigenvalue weighted by Gasteiger charge is -2.11. The molecule has 0 unspecified atom stereocenters. The number of hydrogen-bond donors (Lipinski definition) is 1. The van der Waals surface area contributed by atoms with Crippen LogP contribution in [0.1, 0.15) is 18.1 Å². The van der Waals surface area contributed by atoms with Crippen LogP contribution in [0.25, 0.3) is 0 Å². The van der Waals surface area contributed by atoms with Crippen molar-refractivity contribution in [2.24, 2.45) is 0 Å². The minimum atomic E-state index is -4.55. The van der Waals surface area contributed by atoms with Crippen LogP contribution < -0.4 is 4.72 Å². The van der Waals surface area contributed by atoms with E-state index in [9.17, 15) is 21.6 Å². The fourth-order valence-electron chi connectivity index (χ4n) is 1.82. The molecular formula is C13H11F3N4O2S. The second kappa shape index (κ2) is 5.92. The van der Waals surface area contributed by atoms with E-state index in [0.29, 0.717) is 18.7 Å². The van der Waals surface area contributed by atoms with Gasteiger partial charge in [0.1, 0.15) is 11.6 Å². The first-order chi connectivity index (χ1) is 10.7. The maximum absolute atomic E-state index is 12.5. The van der Waals surface area contributed by atoms with Crippen molar-refractivity contribution < 1.29 is 21.6 Å². The Bertz CT molecular complexity index is 849. The summed E-state index contributed by atoms with van der Waals surface area (Å²) < 4.78 is 65.5. The molecule has 0 aliphatic heterocycles. The highest BCUT2D eigenvalue weighted by molar-refractivity contribution is 7.92. The molecule has 2 rings (SSSR count). The van der Waals surface area contributed by atoms with Crippen LogP contribution in [0.4, 0.5) is 19.0 Å². The van der Waals surface area contributed by atoms with Gasteiger partial charge < -0.3 is 0 Å². The molecule has 6 nitrogen and oxygen atoms in total. The maximum atomic E-state index is 12.5. The normalized spacial score (nSPS) is 12.0. The van der Waals surface area contributed by atoms with Crippen LogP contribution in [0.2, 0.25) is 0 Å². The molecule has 23 heavy (non-hydrogen) atoms. The fraction of sp³-hybridized carbons (Fsp3) is 0.231. The van der Waals surface area contributed by atoms with Crippen LogP contribution in [-0.2, 0) is 22.7 Å². The standard InChI is InChI=1S/C13H11F3N4O2S/c1-2-20-12(9(7-17)8-18-20)19-23(21,22)11-5-3-10(4-6-11)13(14,15)16/h3-6,8,19H,2H2,1H3. The minimum absolute atomic E-state index is 0.0161. The summed E-state index contributed by atoms with van der Waals surface area (Å²) in [7, 11) is -4.14. The van der Waals surface area contributed by atoms with Crippen molar-refractivity contribution in [3.63, 3.8) is 0 Å². The molecule has 0 aliphatic rings. The van der Waals surface area contributed by atoms with E-state index in [4.69, 9.17) is 5.26 Å². The van der Waals surface area contributed by atoms with Gasteiger partial charge in [-0.1, -0.05) is 0 Å². The van der Waals surface area contributed by atoms with E-state index in [0.717, 1.165) is 12.1 Å². The molecular weight excluding hydrogens is 333 g/mol. The maximum Gasteiger partial charge on any atom is 0.416 e. The number of nitrogens with one attached hydrogen (secondary N) is 1. The molecule has 0 bridgehead atoms. The van der Waals surface area contributed by atoms with Gasteiger partial charge in [-0.15, -0.1) is 0 Å². The average Bonchev–Trinajstić information content (AvgIpc) is 2.87. The predicted octanol–water partition coefficient (Wildman–Crippen LogP) is 2.59.